The lowest BCUT2D eigenvalue weighted by atomic mass is 9.95. The Hall–Kier alpha value is -2.50. The van der Waals surface area contributed by atoms with Crippen LogP contribution in [0.4, 0.5) is 4.79 Å². The van der Waals surface area contributed by atoms with Crippen molar-refractivity contribution in [2.45, 2.75) is 19.4 Å². The average molecular weight is 405 g/mol. The second-order valence-electron chi connectivity index (χ2n) is 6.12. The van der Waals surface area contributed by atoms with Crippen molar-refractivity contribution in [3.05, 3.63) is 81.0 Å². The molecule has 140 valence electrons. The summed E-state index contributed by atoms with van der Waals surface area (Å²) in [5.41, 5.74) is 2.50. The highest BCUT2D eigenvalue weighted by Crippen LogP contribution is 2.31. The molecule has 0 unspecified atom stereocenters. The molecule has 0 bridgehead atoms. The van der Waals surface area contributed by atoms with Gasteiger partial charge in [-0.05, 0) is 30.2 Å². The maximum Gasteiger partial charge on any atom is 0.338 e. The summed E-state index contributed by atoms with van der Waals surface area (Å²) in [6.45, 7) is 1.90. The van der Waals surface area contributed by atoms with Crippen LogP contribution in [0.3, 0.4) is 0 Å². The SMILES string of the molecule is CC1=C(C(=O)OCCc2ccccc2)[C@H](c2ccc(Cl)c(Cl)c2)NC(=O)N1. The molecule has 0 saturated heterocycles. The summed E-state index contributed by atoms with van der Waals surface area (Å²) in [7, 11) is 0. The number of amides is 2. The van der Waals surface area contributed by atoms with Crippen LogP contribution in [0.5, 0.6) is 0 Å². The Kier molecular flexibility index (Phi) is 6.04. The van der Waals surface area contributed by atoms with E-state index in [4.69, 9.17) is 27.9 Å². The Morgan fingerprint density at radius 3 is 2.56 bits per heavy atom. The van der Waals surface area contributed by atoms with Gasteiger partial charge < -0.3 is 15.4 Å². The van der Waals surface area contributed by atoms with Gasteiger partial charge in [0.05, 0.1) is 28.3 Å². The van der Waals surface area contributed by atoms with E-state index >= 15 is 0 Å². The standard InChI is InChI=1S/C20H18Cl2N2O3/c1-12-17(19(25)27-10-9-13-5-3-2-4-6-13)18(24-20(26)23-12)14-7-8-15(21)16(22)11-14/h2-8,11,18H,9-10H2,1H3,(H2,23,24,26)/t18-/m0/s1. The van der Waals surface area contributed by atoms with E-state index in [-0.39, 0.29) is 6.61 Å². The molecule has 1 atom stereocenters. The van der Waals surface area contributed by atoms with Crippen LogP contribution in [0, 0.1) is 0 Å². The zero-order valence-electron chi connectivity index (χ0n) is 14.6. The van der Waals surface area contributed by atoms with Gasteiger partial charge in [0.25, 0.3) is 0 Å². The molecule has 1 heterocycles. The molecule has 0 radical (unpaired) electrons. The van der Waals surface area contributed by atoms with Crippen LogP contribution in [0.1, 0.15) is 24.1 Å². The van der Waals surface area contributed by atoms with Crippen molar-refractivity contribution < 1.29 is 14.3 Å². The lowest BCUT2D eigenvalue weighted by Gasteiger charge is -2.28. The topological polar surface area (TPSA) is 67.4 Å². The Morgan fingerprint density at radius 2 is 1.85 bits per heavy atom. The molecule has 2 aromatic carbocycles. The molecule has 0 aromatic heterocycles. The lowest BCUT2D eigenvalue weighted by molar-refractivity contribution is -0.139. The van der Waals surface area contributed by atoms with Crippen LogP contribution in [0.25, 0.3) is 0 Å². The predicted octanol–water partition coefficient (Wildman–Crippen LogP) is 4.41. The summed E-state index contributed by atoms with van der Waals surface area (Å²) < 4.78 is 5.45. The minimum absolute atomic E-state index is 0.238. The predicted molar refractivity (Wildman–Crippen MR) is 105 cm³/mol. The molecule has 0 spiro atoms. The summed E-state index contributed by atoms with van der Waals surface area (Å²) in [6, 6.07) is 13.7. The van der Waals surface area contributed by atoms with E-state index in [1.54, 1.807) is 25.1 Å². The Labute approximate surface area is 167 Å². The van der Waals surface area contributed by atoms with Gasteiger partial charge in [-0.25, -0.2) is 9.59 Å². The first-order chi connectivity index (χ1) is 13.0. The number of esters is 1. The van der Waals surface area contributed by atoms with Crippen LogP contribution in [0.2, 0.25) is 10.0 Å². The number of benzene rings is 2. The summed E-state index contributed by atoms with van der Waals surface area (Å²) in [4.78, 5) is 24.6. The Bertz CT molecular complexity index is 897. The molecular formula is C20H18Cl2N2O3. The van der Waals surface area contributed by atoms with Crippen molar-refractivity contribution in [1.82, 2.24) is 10.6 Å². The molecule has 7 heteroatoms. The highest BCUT2D eigenvalue weighted by Gasteiger charge is 2.32. The minimum Gasteiger partial charge on any atom is -0.462 e. The molecular weight excluding hydrogens is 387 g/mol. The molecule has 27 heavy (non-hydrogen) atoms. The fourth-order valence-corrected chi connectivity index (χ4v) is 3.20. The zero-order valence-corrected chi connectivity index (χ0v) is 16.1. The van der Waals surface area contributed by atoms with Gasteiger partial charge in [0.15, 0.2) is 0 Å². The van der Waals surface area contributed by atoms with Crippen LogP contribution in [-0.2, 0) is 16.0 Å². The molecule has 0 aliphatic carbocycles. The first-order valence-electron chi connectivity index (χ1n) is 8.40. The molecule has 2 amide bonds. The van der Waals surface area contributed by atoms with E-state index < -0.39 is 18.0 Å². The third-order valence-electron chi connectivity index (χ3n) is 4.23. The van der Waals surface area contributed by atoms with E-state index in [1.807, 2.05) is 30.3 Å². The largest absolute Gasteiger partial charge is 0.462 e. The van der Waals surface area contributed by atoms with Gasteiger partial charge in [0, 0.05) is 12.1 Å². The summed E-state index contributed by atoms with van der Waals surface area (Å²) >= 11 is 12.1. The average Bonchev–Trinajstić information content (AvgIpc) is 2.64. The Morgan fingerprint density at radius 1 is 1.11 bits per heavy atom. The molecule has 1 aliphatic rings. The van der Waals surface area contributed by atoms with E-state index in [0.717, 1.165) is 5.56 Å². The quantitative estimate of drug-likeness (QED) is 0.725. The van der Waals surface area contributed by atoms with E-state index in [0.29, 0.717) is 33.3 Å². The van der Waals surface area contributed by atoms with E-state index in [9.17, 15) is 9.59 Å². The highest BCUT2D eigenvalue weighted by atomic mass is 35.5. The second-order valence-corrected chi connectivity index (χ2v) is 6.93. The first-order valence-corrected chi connectivity index (χ1v) is 9.15. The zero-order chi connectivity index (χ0) is 19.4. The highest BCUT2D eigenvalue weighted by molar-refractivity contribution is 6.42. The third-order valence-corrected chi connectivity index (χ3v) is 4.97. The van der Waals surface area contributed by atoms with E-state index in [2.05, 4.69) is 10.6 Å². The minimum atomic E-state index is -0.669. The number of urea groups is 1. The molecule has 0 saturated carbocycles. The molecule has 2 N–H and O–H groups in total. The number of halogens is 2. The molecule has 5 nitrogen and oxygen atoms in total. The van der Waals surface area contributed by atoms with Gasteiger partial charge in [-0.1, -0.05) is 59.6 Å². The summed E-state index contributed by atoms with van der Waals surface area (Å²) in [6.07, 6.45) is 0.607. The van der Waals surface area contributed by atoms with Crippen LogP contribution in [-0.4, -0.2) is 18.6 Å². The van der Waals surface area contributed by atoms with Gasteiger partial charge in [-0.3, -0.25) is 0 Å². The lowest BCUT2D eigenvalue weighted by Crippen LogP contribution is -2.45. The Balaban J connectivity index is 1.78. The van der Waals surface area contributed by atoms with Crippen molar-refractivity contribution in [2.24, 2.45) is 0 Å². The first kappa shape index (κ1) is 19.3. The number of carbonyl (C=O) groups excluding carboxylic acids is 2. The van der Waals surface area contributed by atoms with Crippen molar-refractivity contribution in [2.75, 3.05) is 6.61 Å². The summed E-state index contributed by atoms with van der Waals surface area (Å²) in [5.74, 6) is -0.494. The van der Waals surface area contributed by atoms with Gasteiger partial charge >= 0.3 is 12.0 Å². The number of nitrogens with one attached hydrogen (secondary N) is 2. The number of rotatable bonds is 5. The fourth-order valence-electron chi connectivity index (χ4n) is 2.89. The maximum absolute atomic E-state index is 12.7. The molecule has 1 aliphatic heterocycles. The fraction of sp³-hybridized carbons (Fsp3) is 0.200. The van der Waals surface area contributed by atoms with E-state index in [1.165, 1.54) is 0 Å². The van der Waals surface area contributed by atoms with Crippen LogP contribution >= 0.6 is 23.2 Å². The molecule has 3 rings (SSSR count). The monoisotopic (exact) mass is 404 g/mol. The van der Waals surface area contributed by atoms with Gasteiger partial charge in [0.1, 0.15) is 0 Å². The second kappa shape index (κ2) is 8.46. The number of ether oxygens (including phenoxy) is 1. The van der Waals surface area contributed by atoms with Crippen molar-refractivity contribution >= 4 is 35.2 Å². The number of allylic oxidation sites excluding steroid dienone is 1. The summed E-state index contributed by atoms with van der Waals surface area (Å²) in [5, 5.41) is 6.09. The van der Waals surface area contributed by atoms with Gasteiger partial charge in [-0.2, -0.15) is 0 Å². The normalized spacial score (nSPS) is 16.6. The van der Waals surface area contributed by atoms with Crippen molar-refractivity contribution in [3.63, 3.8) is 0 Å². The molecule has 0 fully saturated rings. The maximum atomic E-state index is 12.7. The van der Waals surface area contributed by atoms with Gasteiger partial charge in [0.2, 0.25) is 0 Å². The van der Waals surface area contributed by atoms with Crippen molar-refractivity contribution in [3.8, 4) is 0 Å². The third kappa shape index (κ3) is 4.62. The van der Waals surface area contributed by atoms with Crippen LogP contribution < -0.4 is 10.6 Å². The number of carbonyl (C=O) groups is 2. The number of hydrogen-bond donors (Lipinski definition) is 2. The molecule has 2 aromatic rings. The smallest absolute Gasteiger partial charge is 0.338 e. The van der Waals surface area contributed by atoms with Crippen LogP contribution in [0.15, 0.2) is 59.8 Å². The van der Waals surface area contributed by atoms with Gasteiger partial charge in [-0.15, -0.1) is 0 Å². The van der Waals surface area contributed by atoms with Crippen molar-refractivity contribution in [1.29, 1.82) is 0 Å². The number of hydrogen-bond acceptors (Lipinski definition) is 3.